The summed E-state index contributed by atoms with van der Waals surface area (Å²) in [5, 5.41) is 2.97. The van der Waals surface area contributed by atoms with E-state index in [0.29, 0.717) is 6.54 Å². The van der Waals surface area contributed by atoms with E-state index in [4.69, 9.17) is 0 Å². The molecule has 0 aromatic heterocycles. The molecule has 0 saturated carbocycles. The molecule has 0 aliphatic carbocycles. The normalized spacial score (nSPS) is 18.8. The van der Waals surface area contributed by atoms with Gasteiger partial charge in [0.2, 0.25) is 5.91 Å². The molecule has 1 aromatic rings. The Bertz CT molecular complexity index is 443. The molecule has 2 rings (SSSR count). The Kier molecular flexibility index (Phi) is 2.70. The van der Waals surface area contributed by atoms with Crippen molar-refractivity contribution >= 4 is 33.2 Å². The van der Waals surface area contributed by atoms with Crippen LogP contribution in [0.5, 0.6) is 0 Å². The third-order valence-electron chi connectivity index (χ3n) is 2.86. The van der Waals surface area contributed by atoms with Crippen molar-refractivity contribution in [2.24, 2.45) is 5.41 Å². The molecule has 4 heteroatoms. The number of halogens is 1. The summed E-state index contributed by atoms with van der Waals surface area (Å²) in [5.74, 6) is 0.0659. The van der Waals surface area contributed by atoms with Gasteiger partial charge in [-0.05, 0) is 41.9 Å². The summed E-state index contributed by atoms with van der Waals surface area (Å²) in [6.45, 7) is 4.62. The molecule has 1 aliphatic rings. The predicted molar refractivity (Wildman–Crippen MR) is 69.8 cm³/mol. The average Bonchev–Trinajstić information content (AvgIpc) is 2.23. The third-order valence-corrected chi connectivity index (χ3v) is 3.50. The van der Waals surface area contributed by atoms with Crippen LogP contribution in [0.4, 0.5) is 11.4 Å². The second-order valence-corrected chi connectivity index (χ2v) is 5.68. The predicted octanol–water partition coefficient (Wildman–Crippen LogP) is 2.86. The van der Waals surface area contributed by atoms with E-state index in [2.05, 4.69) is 26.1 Å². The van der Waals surface area contributed by atoms with Gasteiger partial charge in [0.15, 0.2) is 0 Å². The van der Waals surface area contributed by atoms with Crippen molar-refractivity contribution < 1.29 is 4.79 Å². The Hall–Kier alpha value is -1.03. The van der Waals surface area contributed by atoms with Crippen LogP contribution in [0.25, 0.3) is 0 Å². The van der Waals surface area contributed by atoms with Crippen LogP contribution in [0, 0.1) is 5.41 Å². The molecule has 1 aliphatic heterocycles. The number of nitrogens with one attached hydrogen (secondary N) is 1. The number of carbonyl (C=O) groups excluding carboxylic acids is 1. The molecule has 0 saturated heterocycles. The highest BCUT2D eigenvalue weighted by atomic mass is 79.9. The molecule has 86 valence electrons. The highest BCUT2D eigenvalue weighted by Crippen LogP contribution is 2.38. The van der Waals surface area contributed by atoms with Crippen LogP contribution < -0.4 is 10.2 Å². The number of anilines is 2. The van der Waals surface area contributed by atoms with Crippen LogP contribution in [0.1, 0.15) is 13.8 Å². The van der Waals surface area contributed by atoms with Crippen molar-refractivity contribution in [3.8, 4) is 0 Å². The first kappa shape index (κ1) is 11.5. The van der Waals surface area contributed by atoms with E-state index in [1.807, 2.05) is 39.1 Å². The van der Waals surface area contributed by atoms with Gasteiger partial charge in [-0.15, -0.1) is 0 Å². The lowest BCUT2D eigenvalue weighted by molar-refractivity contribution is -0.123. The molecule has 0 spiro atoms. The minimum absolute atomic E-state index is 0.0659. The van der Waals surface area contributed by atoms with E-state index in [9.17, 15) is 4.79 Å². The van der Waals surface area contributed by atoms with Crippen LogP contribution in [0.2, 0.25) is 0 Å². The van der Waals surface area contributed by atoms with Gasteiger partial charge < -0.3 is 10.2 Å². The number of nitrogens with zero attached hydrogens (tertiary/aromatic N) is 1. The monoisotopic (exact) mass is 282 g/mol. The average molecular weight is 283 g/mol. The molecule has 0 bridgehead atoms. The number of hydrogen-bond acceptors (Lipinski definition) is 2. The highest BCUT2D eigenvalue weighted by Gasteiger charge is 2.33. The van der Waals surface area contributed by atoms with Gasteiger partial charge in [0.1, 0.15) is 0 Å². The SMILES string of the molecule is CN1CC(C)(C)C(=O)Nc2cccc(Br)c21. The van der Waals surface area contributed by atoms with Gasteiger partial charge in [-0.1, -0.05) is 6.07 Å². The number of benzene rings is 1. The maximum atomic E-state index is 12.0. The lowest BCUT2D eigenvalue weighted by Crippen LogP contribution is -2.37. The fourth-order valence-corrected chi connectivity index (χ4v) is 2.71. The fourth-order valence-electron chi connectivity index (χ4n) is 2.04. The summed E-state index contributed by atoms with van der Waals surface area (Å²) in [6, 6.07) is 5.84. The molecule has 0 unspecified atom stereocenters. The first-order chi connectivity index (χ1) is 7.42. The van der Waals surface area contributed by atoms with Crippen molar-refractivity contribution in [3.63, 3.8) is 0 Å². The Morgan fingerprint density at radius 1 is 1.44 bits per heavy atom. The minimum Gasteiger partial charge on any atom is -0.371 e. The van der Waals surface area contributed by atoms with Gasteiger partial charge >= 0.3 is 0 Å². The first-order valence-electron chi connectivity index (χ1n) is 5.23. The minimum atomic E-state index is -0.382. The highest BCUT2D eigenvalue weighted by molar-refractivity contribution is 9.10. The summed E-state index contributed by atoms with van der Waals surface area (Å²) >= 11 is 3.52. The van der Waals surface area contributed by atoms with Gasteiger partial charge in [0, 0.05) is 18.1 Å². The maximum absolute atomic E-state index is 12.0. The van der Waals surface area contributed by atoms with Crippen molar-refractivity contribution in [2.75, 3.05) is 23.8 Å². The second-order valence-electron chi connectivity index (χ2n) is 4.83. The van der Waals surface area contributed by atoms with E-state index in [1.165, 1.54) is 0 Å². The standard InChI is InChI=1S/C12H15BrN2O/c1-12(2)7-15(3)10-8(13)5-4-6-9(10)14-11(12)16/h4-6H,7H2,1-3H3,(H,14,16). The van der Waals surface area contributed by atoms with Crippen LogP contribution in [-0.4, -0.2) is 19.5 Å². The van der Waals surface area contributed by atoms with Crippen LogP contribution in [0.15, 0.2) is 22.7 Å². The number of para-hydroxylation sites is 1. The number of carbonyl (C=O) groups is 1. The molecular weight excluding hydrogens is 268 g/mol. The van der Waals surface area contributed by atoms with Crippen LogP contribution >= 0.6 is 15.9 Å². The third kappa shape index (κ3) is 1.82. The molecular formula is C12H15BrN2O. The van der Waals surface area contributed by atoms with E-state index >= 15 is 0 Å². The molecule has 3 nitrogen and oxygen atoms in total. The quantitative estimate of drug-likeness (QED) is 0.794. The van der Waals surface area contributed by atoms with Gasteiger partial charge in [0.25, 0.3) is 0 Å². The fraction of sp³-hybridized carbons (Fsp3) is 0.417. The lowest BCUT2D eigenvalue weighted by atomic mass is 9.92. The van der Waals surface area contributed by atoms with Crippen molar-refractivity contribution in [1.29, 1.82) is 0 Å². The molecule has 0 radical (unpaired) electrons. The molecule has 16 heavy (non-hydrogen) atoms. The largest absolute Gasteiger partial charge is 0.371 e. The van der Waals surface area contributed by atoms with E-state index < -0.39 is 0 Å². The summed E-state index contributed by atoms with van der Waals surface area (Å²) < 4.78 is 1.01. The van der Waals surface area contributed by atoms with E-state index in [1.54, 1.807) is 0 Å². The first-order valence-corrected chi connectivity index (χ1v) is 6.02. The Labute approximate surface area is 104 Å². The number of amides is 1. The Morgan fingerprint density at radius 2 is 2.12 bits per heavy atom. The molecule has 1 aromatic carbocycles. The van der Waals surface area contributed by atoms with Gasteiger partial charge in [-0.3, -0.25) is 4.79 Å². The summed E-state index contributed by atoms with van der Waals surface area (Å²) in [6.07, 6.45) is 0. The Morgan fingerprint density at radius 3 is 2.81 bits per heavy atom. The zero-order valence-electron chi connectivity index (χ0n) is 9.67. The number of fused-ring (bicyclic) bond motifs is 1. The van der Waals surface area contributed by atoms with Crippen molar-refractivity contribution in [1.82, 2.24) is 0 Å². The topological polar surface area (TPSA) is 32.3 Å². The van der Waals surface area contributed by atoms with E-state index in [0.717, 1.165) is 15.8 Å². The maximum Gasteiger partial charge on any atom is 0.231 e. The molecule has 1 heterocycles. The number of rotatable bonds is 0. The summed E-state index contributed by atoms with van der Waals surface area (Å²) in [4.78, 5) is 14.1. The van der Waals surface area contributed by atoms with Gasteiger partial charge in [-0.2, -0.15) is 0 Å². The summed E-state index contributed by atoms with van der Waals surface area (Å²) in [7, 11) is 2.01. The second kappa shape index (κ2) is 3.77. The zero-order chi connectivity index (χ0) is 11.9. The lowest BCUT2D eigenvalue weighted by Gasteiger charge is -2.26. The molecule has 0 atom stereocenters. The van der Waals surface area contributed by atoms with E-state index in [-0.39, 0.29) is 11.3 Å². The zero-order valence-corrected chi connectivity index (χ0v) is 11.3. The Balaban J connectivity index is 2.53. The van der Waals surface area contributed by atoms with Crippen molar-refractivity contribution in [2.45, 2.75) is 13.8 Å². The molecule has 0 fully saturated rings. The smallest absolute Gasteiger partial charge is 0.231 e. The van der Waals surface area contributed by atoms with Crippen LogP contribution in [0.3, 0.4) is 0 Å². The van der Waals surface area contributed by atoms with Crippen LogP contribution in [-0.2, 0) is 4.79 Å². The molecule has 1 N–H and O–H groups in total. The van der Waals surface area contributed by atoms with Gasteiger partial charge in [0.05, 0.1) is 16.8 Å². The molecule has 1 amide bonds. The number of hydrogen-bond donors (Lipinski definition) is 1. The van der Waals surface area contributed by atoms with Gasteiger partial charge in [-0.25, -0.2) is 0 Å². The summed E-state index contributed by atoms with van der Waals surface area (Å²) in [5.41, 5.74) is 1.53. The van der Waals surface area contributed by atoms with Crippen molar-refractivity contribution in [3.05, 3.63) is 22.7 Å².